The van der Waals surface area contributed by atoms with Crippen LogP contribution in [0.5, 0.6) is 0 Å². The molecule has 1 atom stereocenters. The molecule has 138 valence electrons. The van der Waals surface area contributed by atoms with Gasteiger partial charge in [0.05, 0.1) is 0 Å². The monoisotopic (exact) mass is 414 g/mol. The number of allylic oxidation sites excluding steroid dienone is 4. The molecule has 0 radical (unpaired) electrons. The second-order valence-corrected chi connectivity index (χ2v) is 21.3. The number of hydrogen-bond donors (Lipinski definition) is 2. The SMILES string of the molecule is CC1=C[C](C)([Ti]([SiH3])([NH]C(C)(C)C)[NH]C(C)(C)C)C(C)=C1C.[Cl-].[Cl-]. The molecule has 1 aliphatic carbocycles. The van der Waals surface area contributed by atoms with E-state index in [0.717, 1.165) is 0 Å². The van der Waals surface area contributed by atoms with Crippen LogP contribution in [-0.4, -0.2) is 19.2 Å². The normalized spacial score (nSPS) is 22.6. The zero-order chi connectivity index (χ0) is 16.9. The number of hydrogen-bond acceptors (Lipinski definition) is 2. The minimum Gasteiger partial charge on any atom is -1.00 e. The predicted octanol–water partition coefficient (Wildman–Crippen LogP) is -2.49. The zero-order valence-electron chi connectivity index (χ0n) is 16.8. The molecule has 1 unspecified atom stereocenters. The van der Waals surface area contributed by atoms with E-state index < -0.39 is 16.4 Å². The molecule has 0 heterocycles. The van der Waals surface area contributed by atoms with Crippen molar-refractivity contribution in [2.24, 2.45) is 0 Å². The molecule has 0 fully saturated rings. The molecule has 2 N–H and O–H groups in total. The first-order valence-corrected chi connectivity index (χ1v) is 16.1. The topological polar surface area (TPSA) is 24.1 Å². The van der Waals surface area contributed by atoms with Gasteiger partial charge in [0.2, 0.25) is 0 Å². The van der Waals surface area contributed by atoms with Crippen LogP contribution < -0.4 is 32.4 Å². The van der Waals surface area contributed by atoms with Crippen LogP contribution in [0.1, 0.15) is 69.2 Å². The molecule has 0 bridgehead atoms. The van der Waals surface area contributed by atoms with E-state index in [1.165, 1.54) is 19.3 Å². The molecule has 0 spiro atoms. The summed E-state index contributed by atoms with van der Waals surface area (Å²) in [6, 6.07) is 0. The molecule has 0 saturated heterocycles. The second-order valence-electron chi connectivity index (χ2n) is 9.15. The minimum absolute atomic E-state index is 0. The summed E-state index contributed by atoms with van der Waals surface area (Å²) >= 11 is -2.48. The summed E-state index contributed by atoms with van der Waals surface area (Å²) in [6.07, 6.45) is 2.54. The van der Waals surface area contributed by atoms with Crippen molar-refractivity contribution in [1.82, 2.24) is 7.60 Å². The van der Waals surface area contributed by atoms with Gasteiger partial charge in [-0.2, -0.15) is 0 Å². The molecular formula is C17H36Cl2N2SiTi-2. The fourth-order valence-electron chi connectivity index (χ4n) is 3.65. The first-order valence-electron chi connectivity index (χ1n) is 8.08. The van der Waals surface area contributed by atoms with Crippen molar-refractivity contribution in [3.05, 3.63) is 22.8 Å². The van der Waals surface area contributed by atoms with Crippen molar-refractivity contribution in [2.75, 3.05) is 0 Å². The van der Waals surface area contributed by atoms with Crippen LogP contribution in [0.2, 0.25) is 3.72 Å². The van der Waals surface area contributed by atoms with Gasteiger partial charge in [-0.3, -0.25) is 0 Å². The Balaban J connectivity index is 0. The van der Waals surface area contributed by atoms with Crippen LogP contribution in [-0.2, 0) is 16.4 Å². The Morgan fingerprint density at radius 3 is 1.48 bits per heavy atom. The van der Waals surface area contributed by atoms with Gasteiger partial charge in [0, 0.05) is 0 Å². The zero-order valence-corrected chi connectivity index (χ0v) is 21.9. The number of rotatable bonds is 3. The molecule has 0 aromatic heterocycles. The summed E-state index contributed by atoms with van der Waals surface area (Å²) < 4.78 is 8.41. The second kappa shape index (κ2) is 8.07. The van der Waals surface area contributed by atoms with E-state index in [2.05, 4.69) is 82.9 Å². The van der Waals surface area contributed by atoms with Crippen LogP contribution in [0, 0.1) is 0 Å². The summed E-state index contributed by atoms with van der Waals surface area (Å²) in [5.41, 5.74) is 4.84. The molecule has 2 nitrogen and oxygen atoms in total. The average molecular weight is 415 g/mol. The Bertz CT molecular complexity index is 474. The van der Waals surface area contributed by atoms with Crippen LogP contribution in [0.15, 0.2) is 22.8 Å². The minimum atomic E-state index is -2.48. The largest absolute Gasteiger partial charge is 1.00 e. The average Bonchev–Trinajstić information content (AvgIpc) is 2.38. The molecule has 23 heavy (non-hydrogen) atoms. The van der Waals surface area contributed by atoms with Crippen molar-refractivity contribution in [3.8, 4) is 0 Å². The third-order valence-corrected chi connectivity index (χ3v) is 19.0. The van der Waals surface area contributed by atoms with Gasteiger partial charge >= 0.3 is 139 Å². The molecule has 0 amide bonds. The van der Waals surface area contributed by atoms with Crippen molar-refractivity contribution < 1.29 is 41.2 Å². The summed E-state index contributed by atoms with van der Waals surface area (Å²) in [4.78, 5) is 0. The molecule has 0 aromatic carbocycles. The van der Waals surface area contributed by atoms with Gasteiger partial charge in [-0.15, -0.1) is 0 Å². The summed E-state index contributed by atoms with van der Waals surface area (Å²) in [5.74, 6) is 0. The van der Waals surface area contributed by atoms with Crippen LogP contribution in [0.25, 0.3) is 0 Å². The third-order valence-electron chi connectivity index (χ3n) is 4.73. The Kier molecular flexibility index (Phi) is 9.18. The summed E-state index contributed by atoms with van der Waals surface area (Å²) in [5, 5.41) is 0. The van der Waals surface area contributed by atoms with E-state index >= 15 is 0 Å². The maximum Gasteiger partial charge on any atom is -1.00 e. The maximum absolute atomic E-state index is 4.10. The van der Waals surface area contributed by atoms with Crippen molar-refractivity contribution in [2.45, 2.75) is 84.0 Å². The maximum atomic E-state index is 4.10. The van der Waals surface area contributed by atoms with E-state index in [1.807, 2.05) is 0 Å². The standard InChI is InChI=1S/C9H13.2C4H10N.2ClH.H3Si.Ti/c1-6-5-7(2)9(4)8(6)3;2*1-4(2,3)5;;;;/h5H,1-4H3;2*5H,1-3H3;2*1H;1H3;/q;2*-1;;;;+2/p-2. The Morgan fingerprint density at radius 2 is 1.26 bits per heavy atom. The van der Waals surface area contributed by atoms with Crippen LogP contribution in [0.3, 0.4) is 0 Å². The van der Waals surface area contributed by atoms with E-state index in [0.29, 0.717) is 0 Å². The van der Waals surface area contributed by atoms with Gasteiger partial charge in [-0.05, 0) is 0 Å². The van der Waals surface area contributed by atoms with Crippen molar-refractivity contribution >= 4 is 8.11 Å². The fourth-order valence-corrected chi connectivity index (χ4v) is 19.8. The molecule has 0 aromatic rings. The smallest absolute Gasteiger partial charge is 1.00 e. The van der Waals surface area contributed by atoms with Crippen molar-refractivity contribution in [1.29, 1.82) is 0 Å². The molecule has 6 heteroatoms. The predicted molar refractivity (Wildman–Crippen MR) is 96.2 cm³/mol. The summed E-state index contributed by atoms with van der Waals surface area (Å²) in [6.45, 7) is 23.2. The van der Waals surface area contributed by atoms with Gasteiger partial charge in [0.25, 0.3) is 0 Å². The first kappa shape index (κ1) is 26.1. The number of nitrogens with one attached hydrogen (secondary N) is 2. The molecule has 1 rings (SSSR count). The van der Waals surface area contributed by atoms with E-state index in [9.17, 15) is 0 Å². The van der Waals surface area contributed by atoms with Crippen molar-refractivity contribution in [3.63, 3.8) is 0 Å². The van der Waals surface area contributed by atoms with E-state index in [4.69, 9.17) is 0 Å². The van der Waals surface area contributed by atoms with Gasteiger partial charge < -0.3 is 24.8 Å². The molecule has 0 saturated carbocycles. The van der Waals surface area contributed by atoms with Crippen LogP contribution >= 0.6 is 0 Å². The number of halogens is 2. The third kappa shape index (κ3) is 5.99. The van der Waals surface area contributed by atoms with Gasteiger partial charge in [0.1, 0.15) is 0 Å². The van der Waals surface area contributed by atoms with Gasteiger partial charge in [-0.1, -0.05) is 0 Å². The summed E-state index contributed by atoms with van der Waals surface area (Å²) in [7, 11) is 1.20. The van der Waals surface area contributed by atoms with Crippen LogP contribution in [0.4, 0.5) is 0 Å². The first-order chi connectivity index (χ1) is 9.11. The molecule has 1 aliphatic rings. The molecule has 0 aliphatic heterocycles. The fraction of sp³-hybridized carbons (Fsp3) is 0.765. The van der Waals surface area contributed by atoms with Gasteiger partial charge in [0.15, 0.2) is 0 Å². The Hall–Kier alpha value is 0.911. The quantitative estimate of drug-likeness (QED) is 0.499. The van der Waals surface area contributed by atoms with E-state index in [-0.39, 0.29) is 39.6 Å². The van der Waals surface area contributed by atoms with Gasteiger partial charge in [-0.25, -0.2) is 0 Å². The molecular weight excluding hydrogens is 379 g/mol. The Labute approximate surface area is 163 Å². The Morgan fingerprint density at radius 1 is 0.913 bits per heavy atom. The van der Waals surface area contributed by atoms with E-state index in [1.54, 1.807) is 5.57 Å².